The fourth-order valence-electron chi connectivity index (χ4n) is 4.21. The van der Waals surface area contributed by atoms with Gasteiger partial charge in [0.25, 0.3) is 0 Å². The molecule has 0 nitrogen and oxygen atoms in total. The molecule has 0 saturated carbocycles. The molecule has 2 aromatic rings. The van der Waals surface area contributed by atoms with E-state index in [1.807, 2.05) is 0 Å². The molecule has 0 spiro atoms. The Kier molecular flexibility index (Phi) is 4.97. The first-order valence-corrected chi connectivity index (χ1v) is 16.4. The van der Waals surface area contributed by atoms with Crippen LogP contribution in [0.1, 0.15) is 58.1 Å². The molecule has 1 heteroatoms. The molecule has 1 aliphatic rings. The van der Waals surface area contributed by atoms with Gasteiger partial charge in [0.2, 0.25) is 0 Å². The summed E-state index contributed by atoms with van der Waals surface area (Å²) in [5, 5.41) is 0. The quantitative estimate of drug-likeness (QED) is 0.496. The third-order valence-corrected chi connectivity index (χ3v) is 23.4. The van der Waals surface area contributed by atoms with Gasteiger partial charge in [-0.05, 0) is 0 Å². The van der Waals surface area contributed by atoms with E-state index in [1.54, 1.807) is 18.3 Å². The van der Waals surface area contributed by atoms with E-state index in [9.17, 15) is 0 Å². The van der Waals surface area contributed by atoms with Gasteiger partial charge in [0, 0.05) is 0 Å². The molecule has 24 heavy (non-hydrogen) atoms. The van der Waals surface area contributed by atoms with Crippen LogP contribution in [0.5, 0.6) is 0 Å². The second-order valence-electron chi connectivity index (χ2n) is 8.24. The van der Waals surface area contributed by atoms with Crippen molar-refractivity contribution in [3.05, 3.63) is 65.7 Å². The van der Waals surface area contributed by atoms with Gasteiger partial charge in [-0.1, -0.05) is 0 Å². The molecule has 1 atom stereocenters. The van der Waals surface area contributed by atoms with Crippen molar-refractivity contribution in [1.82, 2.24) is 0 Å². The molecule has 1 aliphatic heterocycles. The molecule has 126 valence electrons. The van der Waals surface area contributed by atoms with Crippen molar-refractivity contribution in [3.8, 4) is 0 Å². The van der Waals surface area contributed by atoms with E-state index in [0.717, 1.165) is 0 Å². The Hall–Kier alpha value is -1.02. The molecule has 1 unspecified atom stereocenters. The summed E-state index contributed by atoms with van der Waals surface area (Å²) >= 11 is -2.76. The van der Waals surface area contributed by atoms with Gasteiger partial charge in [-0.2, -0.15) is 0 Å². The Morgan fingerprint density at radius 2 is 1.50 bits per heavy atom. The van der Waals surface area contributed by atoms with E-state index >= 15 is 0 Å². The third-order valence-electron chi connectivity index (χ3n) is 5.94. The van der Waals surface area contributed by atoms with Crippen molar-refractivity contribution in [2.75, 3.05) is 0 Å². The average molecular weight is 425 g/mol. The van der Waals surface area contributed by atoms with Crippen LogP contribution >= 0.6 is 0 Å². The zero-order valence-corrected chi connectivity index (χ0v) is 18.7. The van der Waals surface area contributed by atoms with Crippen molar-refractivity contribution in [2.45, 2.75) is 55.3 Å². The van der Waals surface area contributed by atoms with Crippen LogP contribution in [-0.4, -0.2) is 18.4 Å². The molecule has 0 aliphatic carbocycles. The van der Waals surface area contributed by atoms with Crippen LogP contribution in [0.4, 0.5) is 0 Å². The third kappa shape index (κ3) is 2.77. The van der Waals surface area contributed by atoms with E-state index < -0.39 is 18.4 Å². The Balaban J connectivity index is 2.32. The number of benzene rings is 2. The van der Waals surface area contributed by atoms with Crippen LogP contribution in [0.3, 0.4) is 0 Å². The minimum atomic E-state index is -2.76. The maximum atomic E-state index is 2.66. The first-order valence-electron chi connectivity index (χ1n) is 9.30. The van der Waals surface area contributed by atoms with E-state index in [4.69, 9.17) is 0 Å². The van der Waals surface area contributed by atoms with Gasteiger partial charge in [0.05, 0.1) is 0 Å². The normalized spacial score (nSPS) is 20.4. The second kappa shape index (κ2) is 6.71. The fraction of sp³-hybridized carbons (Fsp3) is 0.391. The molecular weight excluding hydrogens is 395 g/mol. The molecule has 0 N–H and O–H groups in total. The van der Waals surface area contributed by atoms with Crippen LogP contribution < -0.4 is 3.58 Å². The van der Waals surface area contributed by atoms with Gasteiger partial charge in [0.15, 0.2) is 0 Å². The SMILES string of the molecule is CCCCC1=[C](c2ccccc2)[Sn]([CH3])([C](C)(C)C)[c]2ccccc21. The fourth-order valence-corrected chi connectivity index (χ4v) is 17.4. The first-order chi connectivity index (χ1) is 11.4. The predicted octanol–water partition coefficient (Wildman–Crippen LogP) is 6.43. The van der Waals surface area contributed by atoms with Gasteiger partial charge in [-0.3, -0.25) is 0 Å². The Morgan fingerprint density at radius 3 is 2.12 bits per heavy atom. The number of hydrogen-bond acceptors (Lipinski definition) is 0. The van der Waals surface area contributed by atoms with Crippen molar-refractivity contribution in [1.29, 1.82) is 0 Å². The summed E-state index contributed by atoms with van der Waals surface area (Å²) in [4.78, 5) is 2.66. The summed E-state index contributed by atoms with van der Waals surface area (Å²) in [5.41, 5.74) is 4.71. The molecule has 0 radical (unpaired) electrons. The van der Waals surface area contributed by atoms with Crippen LogP contribution in [0.2, 0.25) is 8.37 Å². The number of fused-ring (bicyclic) bond motifs is 1. The minimum absolute atomic E-state index is 0.365. The van der Waals surface area contributed by atoms with Crippen LogP contribution in [0.15, 0.2) is 54.6 Å². The number of unbranched alkanes of at least 4 members (excludes halogenated alkanes) is 1. The molecule has 0 saturated heterocycles. The zero-order chi connectivity index (χ0) is 17.4. The van der Waals surface area contributed by atoms with Gasteiger partial charge in [-0.25, -0.2) is 0 Å². The number of hydrogen-bond donors (Lipinski definition) is 0. The zero-order valence-electron chi connectivity index (χ0n) is 15.8. The Labute approximate surface area is 151 Å². The summed E-state index contributed by atoms with van der Waals surface area (Å²) in [7, 11) is 0. The maximum absolute atomic E-state index is 2.76. The molecular formula is C23H30Sn. The van der Waals surface area contributed by atoms with Gasteiger partial charge >= 0.3 is 152 Å². The molecule has 2 aromatic carbocycles. The van der Waals surface area contributed by atoms with Crippen LogP contribution in [-0.2, 0) is 0 Å². The standard InChI is InChI=1S/C18H18.C4H9.CH3.Sn/c1-2-3-12-18(17-13-8-5-9-14-17)15-16-10-6-4-7-11-16;1-4(2)3;;/h4-11,13H,2-3,12H2,1H3;1-3H3;1H3;. The summed E-state index contributed by atoms with van der Waals surface area (Å²) in [6.07, 6.45) is 3.77. The molecule has 1 heterocycles. The Bertz CT molecular complexity index is 749. The number of allylic oxidation sites excluding steroid dienone is 1. The molecule has 0 bridgehead atoms. The van der Waals surface area contributed by atoms with E-state index in [0.29, 0.717) is 3.43 Å². The summed E-state index contributed by atoms with van der Waals surface area (Å²) < 4.78 is 3.83. The molecule has 0 aromatic heterocycles. The van der Waals surface area contributed by atoms with E-state index in [-0.39, 0.29) is 0 Å². The number of rotatable bonds is 4. The van der Waals surface area contributed by atoms with Crippen LogP contribution in [0, 0.1) is 0 Å². The van der Waals surface area contributed by atoms with Crippen molar-refractivity contribution in [3.63, 3.8) is 0 Å². The van der Waals surface area contributed by atoms with E-state index in [1.165, 1.54) is 24.8 Å². The summed E-state index contributed by atoms with van der Waals surface area (Å²) in [5.74, 6) is 0. The van der Waals surface area contributed by atoms with Crippen LogP contribution in [0.25, 0.3) is 9.16 Å². The topological polar surface area (TPSA) is 0 Å². The van der Waals surface area contributed by atoms with Gasteiger partial charge in [0.1, 0.15) is 0 Å². The molecule has 3 rings (SSSR count). The predicted molar refractivity (Wildman–Crippen MR) is 110 cm³/mol. The van der Waals surface area contributed by atoms with Crippen molar-refractivity contribution < 1.29 is 0 Å². The monoisotopic (exact) mass is 426 g/mol. The first kappa shape index (κ1) is 17.8. The summed E-state index contributed by atoms with van der Waals surface area (Å²) in [6, 6.07) is 20.5. The molecule has 0 fully saturated rings. The van der Waals surface area contributed by atoms with E-state index in [2.05, 4.69) is 87.2 Å². The van der Waals surface area contributed by atoms with Crippen molar-refractivity contribution in [2.24, 2.45) is 0 Å². The van der Waals surface area contributed by atoms with Crippen molar-refractivity contribution >= 4 is 31.1 Å². The summed E-state index contributed by atoms with van der Waals surface area (Å²) in [6.45, 7) is 9.73. The molecule has 0 amide bonds. The second-order valence-corrected chi connectivity index (χ2v) is 21.9. The van der Waals surface area contributed by atoms with Gasteiger partial charge < -0.3 is 0 Å². The van der Waals surface area contributed by atoms with Gasteiger partial charge in [-0.15, -0.1) is 0 Å². The average Bonchev–Trinajstić information content (AvgIpc) is 2.84. The Morgan fingerprint density at radius 1 is 0.875 bits per heavy atom.